The van der Waals surface area contributed by atoms with Gasteiger partial charge in [-0.25, -0.2) is 0 Å². The van der Waals surface area contributed by atoms with E-state index < -0.39 is 16.0 Å². The number of halogens is 1. The van der Waals surface area contributed by atoms with Crippen LogP contribution in [0.3, 0.4) is 0 Å². The molecule has 0 atom stereocenters. The number of hydrogen-bond donors (Lipinski definition) is 1. The molecule has 0 saturated heterocycles. The van der Waals surface area contributed by atoms with Crippen molar-refractivity contribution in [3.8, 4) is 17.6 Å². The summed E-state index contributed by atoms with van der Waals surface area (Å²) in [5.74, 6) is -0.782. The van der Waals surface area contributed by atoms with Crippen molar-refractivity contribution in [3.05, 3.63) is 87.4 Å². The molecule has 0 aliphatic carbocycles. The molecule has 0 aromatic heterocycles. The highest BCUT2D eigenvalue weighted by atomic mass is 35.5. The minimum absolute atomic E-state index is 0.0201. The molecule has 0 bridgehead atoms. The number of amides is 1. The van der Waals surface area contributed by atoms with Crippen LogP contribution in [0.1, 0.15) is 22.3 Å². The van der Waals surface area contributed by atoms with Gasteiger partial charge >= 0.3 is 10.1 Å². The van der Waals surface area contributed by atoms with Gasteiger partial charge in [0.25, 0.3) is 5.91 Å². The highest BCUT2D eigenvalue weighted by molar-refractivity contribution is 7.87. The van der Waals surface area contributed by atoms with E-state index in [9.17, 15) is 18.5 Å². The van der Waals surface area contributed by atoms with Crippen LogP contribution in [-0.4, -0.2) is 21.4 Å². The van der Waals surface area contributed by atoms with E-state index in [0.717, 1.165) is 16.7 Å². The topological polar surface area (TPSA) is 105 Å². The number of ether oxygens (including phenoxy) is 1. The second-order valence-corrected chi connectivity index (χ2v) is 9.78. The first-order chi connectivity index (χ1) is 16.5. The standard InChI is InChI=1S/C26H23ClN2O5S/c1-16-6-9-21(10-7-16)35(31,32)34-25-22(27)13-19(14-24(25)33-4)12-20(15-28)26(30)29-23-11-17(2)5-8-18(23)3/h5-14H,1-4H3,(H,29,30)/b20-12+. The Morgan fingerprint density at radius 1 is 1.03 bits per heavy atom. The SMILES string of the molecule is COc1cc(/C=C(\C#N)C(=O)Nc2cc(C)ccc2C)cc(Cl)c1OS(=O)(=O)c1ccc(C)cc1. The average molecular weight is 511 g/mol. The van der Waals surface area contributed by atoms with E-state index in [2.05, 4.69) is 5.32 Å². The fraction of sp³-hybridized carbons (Fsp3) is 0.154. The van der Waals surface area contributed by atoms with Crippen LogP contribution < -0.4 is 14.2 Å². The third-order valence-corrected chi connectivity index (χ3v) is 6.59. The molecule has 0 saturated carbocycles. The second-order valence-electron chi connectivity index (χ2n) is 7.83. The van der Waals surface area contributed by atoms with Gasteiger partial charge in [0.05, 0.1) is 12.1 Å². The molecule has 0 radical (unpaired) electrons. The highest BCUT2D eigenvalue weighted by Gasteiger charge is 2.22. The lowest BCUT2D eigenvalue weighted by molar-refractivity contribution is -0.112. The van der Waals surface area contributed by atoms with Crippen molar-refractivity contribution in [1.82, 2.24) is 0 Å². The predicted octanol–water partition coefficient (Wildman–Crippen LogP) is 5.59. The molecule has 0 spiro atoms. The molecule has 0 unspecified atom stereocenters. The molecule has 9 heteroatoms. The van der Waals surface area contributed by atoms with Gasteiger partial charge in [-0.15, -0.1) is 0 Å². The second kappa shape index (κ2) is 10.6. The number of methoxy groups -OCH3 is 1. The summed E-state index contributed by atoms with van der Waals surface area (Å²) >= 11 is 6.32. The van der Waals surface area contributed by atoms with E-state index in [4.69, 9.17) is 20.5 Å². The van der Waals surface area contributed by atoms with Crippen molar-refractivity contribution in [2.24, 2.45) is 0 Å². The van der Waals surface area contributed by atoms with Crippen molar-refractivity contribution in [1.29, 1.82) is 5.26 Å². The third kappa shape index (κ3) is 6.21. The van der Waals surface area contributed by atoms with Crippen LogP contribution in [0.15, 0.2) is 65.1 Å². The highest BCUT2D eigenvalue weighted by Crippen LogP contribution is 2.39. The monoisotopic (exact) mass is 510 g/mol. The van der Waals surface area contributed by atoms with Gasteiger partial charge in [0, 0.05) is 5.69 Å². The van der Waals surface area contributed by atoms with Crippen LogP contribution in [0.4, 0.5) is 5.69 Å². The van der Waals surface area contributed by atoms with Gasteiger partial charge < -0.3 is 14.2 Å². The number of hydrogen-bond acceptors (Lipinski definition) is 6. The maximum Gasteiger partial charge on any atom is 0.339 e. The molecule has 3 aromatic carbocycles. The zero-order valence-corrected chi connectivity index (χ0v) is 21.1. The summed E-state index contributed by atoms with van der Waals surface area (Å²) in [4.78, 5) is 12.7. The molecule has 0 aliphatic rings. The quantitative estimate of drug-likeness (QED) is 0.252. The average Bonchev–Trinajstić information content (AvgIpc) is 2.81. The van der Waals surface area contributed by atoms with Crippen LogP contribution in [0.5, 0.6) is 11.5 Å². The van der Waals surface area contributed by atoms with Crippen LogP contribution in [-0.2, 0) is 14.9 Å². The first kappa shape index (κ1) is 25.8. The number of carbonyl (C=O) groups is 1. The zero-order valence-electron chi connectivity index (χ0n) is 19.5. The van der Waals surface area contributed by atoms with E-state index >= 15 is 0 Å². The van der Waals surface area contributed by atoms with E-state index in [1.165, 1.54) is 37.5 Å². The van der Waals surface area contributed by atoms with Crippen molar-refractivity contribution in [2.75, 3.05) is 12.4 Å². The summed E-state index contributed by atoms with van der Waals surface area (Å²) in [6.07, 6.45) is 1.33. The van der Waals surface area contributed by atoms with Crippen LogP contribution in [0.25, 0.3) is 6.08 Å². The number of benzene rings is 3. The Bertz CT molecular complexity index is 1460. The Morgan fingerprint density at radius 3 is 2.31 bits per heavy atom. The number of nitrogens with one attached hydrogen (secondary N) is 1. The Hall–Kier alpha value is -3.80. The Balaban J connectivity index is 1.92. The lowest BCUT2D eigenvalue weighted by Crippen LogP contribution is -2.14. The summed E-state index contributed by atoms with van der Waals surface area (Å²) in [6.45, 7) is 5.58. The van der Waals surface area contributed by atoms with Gasteiger partial charge in [0.2, 0.25) is 5.75 Å². The molecule has 7 nitrogen and oxygen atoms in total. The molecule has 1 N–H and O–H groups in total. The van der Waals surface area contributed by atoms with Crippen molar-refractivity contribution in [3.63, 3.8) is 0 Å². The fourth-order valence-corrected chi connectivity index (χ4v) is 4.40. The van der Waals surface area contributed by atoms with Crippen LogP contribution in [0, 0.1) is 32.1 Å². The number of nitriles is 1. The summed E-state index contributed by atoms with van der Waals surface area (Å²) in [5, 5.41) is 12.2. The van der Waals surface area contributed by atoms with E-state index in [0.29, 0.717) is 11.3 Å². The molecular weight excluding hydrogens is 488 g/mol. The maximum absolute atomic E-state index is 12.7. The number of nitrogens with zero attached hydrogens (tertiary/aromatic N) is 1. The predicted molar refractivity (Wildman–Crippen MR) is 135 cm³/mol. The molecule has 0 heterocycles. The zero-order chi connectivity index (χ0) is 25.8. The van der Waals surface area contributed by atoms with Gasteiger partial charge in [-0.3, -0.25) is 4.79 Å². The molecule has 3 rings (SSSR count). The minimum atomic E-state index is -4.18. The largest absolute Gasteiger partial charge is 0.493 e. The third-order valence-electron chi connectivity index (χ3n) is 5.07. The van der Waals surface area contributed by atoms with Crippen molar-refractivity contribution < 1.29 is 22.1 Å². The number of aryl methyl sites for hydroxylation is 3. The van der Waals surface area contributed by atoms with E-state index in [-0.39, 0.29) is 27.0 Å². The van der Waals surface area contributed by atoms with Crippen LogP contribution in [0.2, 0.25) is 5.02 Å². The first-order valence-corrected chi connectivity index (χ1v) is 12.2. The maximum atomic E-state index is 12.7. The lowest BCUT2D eigenvalue weighted by atomic mass is 10.1. The first-order valence-electron chi connectivity index (χ1n) is 10.4. The number of rotatable bonds is 7. The molecule has 0 fully saturated rings. The van der Waals surface area contributed by atoms with Gasteiger partial charge in [-0.2, -0.15) is 13.7 Å². The van der Waals surface area contributed by atoms with Gasteiger partial charge in [-0.1, -0.05) is 41.4 Å². The smallest absolute Gasteiger partial charge is 0.339 e. The van der Waals surface area contributed by atoms with E-state index in [1.807, 2.05) is 45.0 Å². The molecule has 3 aromatic rings. The van der Waals surface area contributed by atoms with Crippen molar-refractivity contribution >= 4 is 39.4 Å². The summed E-state index contributed by atoms with van der Waals surface area (Å²) < 4.78 is 36.0. The summed E-state index contributed by atoms with van der Waals surface area (Å²) in [7, 11) is -2.86. The van der Waals surface area contributed by atoms with Crippen LogP contribution >= 0.6 is 11.6 Å². The molecule has 0 aliphatic heterocycles. The molecule has 180 valence electrons. The normalized spacial score (nSPS) is 11.5. The number of carbonyl (C=O) groups excluding carboxylic acids is 1. The van der Waals surface area contributed by atoms with E-state index in [1.54, 1.807) is 12.1 Å². The Morgan fingerprint density at radius 2 is 1.69 bits per heavy atom. The Labute approximate surface area is 209 Å². The summed E-state index contributed by atoms with van der Waals surface area (Å²) in [5.41, 5.74) is 3.47. The van der Waals surface area contributed by atoms with Gasteiger partial charge in [-0.05, 0) is 73.9 Å². The minimum Gasteiger partial charge on any atom is -0.493 e. The summed E-state index contributed by atoms with van der Waals surface area (Å²) in [6, 6.07) is 16.4. The number of anilines is 1. The molecule has 35 heavy (non-hydrogen) atoms. The van der Waals surface area contributed by atoms with Gasteiger partial charge in [0.15, 0.2) is 5.75 Å². The van der Waals surface area contributed by atoms with Gasteiger partial charge in [0.1, 0.15) is 16.5 Å². The molecular formula is C26H23ClN2O5S. The molecule has 1 amide bonds. The lowest BCUT2D eigenvalue weighted by Gasteiger charge is -2.13. The van der Waals surface area contributed by atoms with Crippen molar-refractivity contribution in [2.45, 2.75) is 25.7 Å². The fourth-order valence-electron chi connectivity index (χ4n) is 3.14. The Kier molecular flexibility index (Phi) is 7.85.